The number of amides is 1. The van der Waals surface area contributed by atoms with E-state index in [2.05, 4.69) is 20.9 Å². The summed E-state index contributed by atoms with van der Waals surface area (Å²) in [4.78, 5) is 16.9. The summed E-state index contributed by atoms with van der Waals surface area (Å²) < 4.78 is 5.40. The maximum absolute atomic E-state index is 12.2. The number of guanidine groups is 1. The molecule has 0 saturated heterocycles. The standard InChI is InChI=1S/C20H32N4O2.HI/c1-5-21-18(22-13-15-11-12-15)23-14-17(16-9-7-6-8-10-16)24-19(25)26-20(2,3)4;/h6-10,15,17H,5,11-14H2,1-4H3,(H,24,25)(H2,21,22,23);1H. The number of ether oxygens (including phenoxy) is 1. The van der Waals surface area contributed by atoms with Crippen LogP contribution in [0.25, 0.3) is 0 Å². The predicted molar refractivity (Wildman–Crippen MR) is 121 cm³/mol. The molecule has 0 aromatic heterocycles. The summed E-state index contributed by atoms with van der Waals surface area (Å²) in [6.07, 6.45) is 2.15. The number of nitrogens with zero attached hydrogens (tertiary/aromatic N) is 1. The molecule has 27 heavy (non-hydrogen) atoms. The molecule has 1 atom stereocenters. The third-order valence-corrected chi connectivity index (χ3v) is 3.92. The number of halogens is 1. The van der Waals surface area contributed by atoms with E-state index in [0.717, 1.165) is 30.5 Å². The van der Waals surface area contributed by atoms with Gasteiger partial charge >= 0.3 is 6.09 Å². The average molecular weight is 488 g/mol. The van der Waals surface area contributed by atoms with Crippen molar-refractivity contribution < 1.29 is 9.53 Å². The summed E-state index contributed by atoms with van der Waals surface area (Å²) in [5.74, 6) is 1.55. The van der Waals surface area contributed by atoms with E-state index in [-0.39, 0.29) is 30.0 Å². The SMILES string of the molecule is CCNC(=NCC(NC(=O)OC(C)(C)C)c1ccccc1)NCC1CC1.I. The van der Waals surface area contributed by atoms with Gasteiger partial charge in [0.05, 0.1) is 12.6 Å². The van der Waals surface area contributed by atoms with Gasteiger partial charge in [-0.15, -0.1) is 24.0 Å². The molecule has 1 aliphatic rings. The monoisotopic (exact) mass is 488 g/mol. The molecule has 7 heteroatoms. The summed E-state index contributed by atoms with van der Waals surface area (Å²) >= 11 is 0. The fourth-order valence-corrected chi connectivity index (χ4v) is 2.46. The molecular formula is C20H33IN4O2. The first-order valence-corrected chi connectivity index (χ1v) is 9.44. The molecule has 0 aliphatic heterocycles. The first-order valence-electron chi connectivity index (χ1n) is 9.44. The molecule has 6 nitrogen and oxygen atoms in total. The second kappa shape index (κ2) is 11.4. The molecule has 1 unspecified atom stereocenters. The molecular weight excluding hydrogens is 455 g/mol. The fourth-order valence-electron chi connectivity index (χ4n) is 2.46. The van der Waals surface area contributed by atoms with Crippen molar-refractivity contribution in [2.45, 2.75) is 52.2 Å². The minimum absolute atomic E-state index is 0. The van der Waals surface area contributed by atoms with Crippen molar-refractivity contribution in [2.24, 2.45) is 10.9 Å². The highest BCUT2D eigenvalue weighted by Crippen LogP contribution is 2.27. The van der Waals surface area contributed by atoms with Crippen LogP contribution in [-0.2, 0) is 4.74 Å². The topological polar surface area (TPSA) is 74.8 Å². The smallest absolute Gasteiger partial charge is 0.408 e. The summed E-state index contributed by atoms with van der Waals surface area (Å²) in [6, 6.07) is 9.60. The van der Waals surface area contributed by atoms with Crippen molar-refractivity contribution in [3.63, 3.8) is 0 Å². The lowest BCUT2D eigenvalue weighted by Crippen LogP contribution is -2.40. The van der Waals surface area contributed by atoms with Gasteiger partial charge in [-0.2, -0.15) is 0 Å². The van der Waals surface area contributed by atoms with Gasteiger partial charge < -0.3 is 20.7 Å². The Balaban J connectivity index is 0.00000364. The highest BCUT2D eigenvalue weighted by Gasteiger charge is 2.22. The molecule has 2 rings (SSSR count). The molecule has 1 aromatic rings. The van der Waals surface area contributed by atoms with E-state index in [1.165, 1.54) is 12.8 Å². The Morgan fingerprint density at radius 2 is 1.89 bits per heavy atom. The van der Waals surface area contributed by atoms with Crippen LogP contribution in [0.15, 0.2) is 35.3 Å². The van der Waals surface area contributed by atoms with E-state index in [4.69, 9.17) is 4.74 Å². The lowest BCUT2D eigenvalue weighted by molar-refractivity contribution is 0.0505. The van der Waals surface area contributed by atoms with Gasteiger partial charge in [0.25, 0.3) is 0 Å². The van der Waals surface area contributed by atoms with Crippen LogP contribution in [0.4, 0.5) is 4.79 Å². The zero-order valence-corrected chi connectivity index (χ0v) is 19.1. The second-order valence-corrected chi connectivity index (χ2v) is 7.65. The zero-order chi connectivity index (χ0) is 19.0. The van der Waals surface area contributed by atoms with Crippen LogP contribution >= 0.6 is 24.0 Å². The third-order valence-electron chi connectivity index (χ3n) is 3.92. The van der Waals surface area contributed by atoms with E-state index < -0.39 is 11.7 Å². The third kappa shape index (κ3) is 9.83. The van der Waals surface area contributed by atoms with Gasteiger partial charge in [-0.1, -0.05) is 30.3 Å². The number of nitrogens with one attached hydrogen (secondary N) is 3. The Bertz CT molecular complexity index is 598. The van der Waals surface area contributed by atoms with Gasteiger partial charge in [0.1, 0.15) is 5.60 Å². The quantitative estimate of drug-likeness (QED) is 0.310. The molecule has 1 fully saturated rings. The predicted octanol–water partition coefficient (Wildman–Crippen LogP) is 3.84. The van der Waals surface area contributed by atoms with Crippen molar-refractivity contribution in [3.05, 3.63) is 35.9 Å². The number of hydrogen-bond acceptors (Lipinski definition) is 3. The summed E-state index contributed by atoms with van der Waals surface area (Å²) in [5.41, 5.74) is 0.468. The highest BCUT2D eigenvalue weighted by atomic mass is 127. The molecule has 0 heterocycles. The Morgan fingerprint density at radius 1 is 1.22 bits per heavy atom. The van der Waals surface area contributed by atoms with Crippen LogP contribution < -0.4 is 16.0 Å². The van der Waals surface area contributed by atoms with Crippen LogP contribution in [0, 0.1) is 5.92 Å². The molecule has 1 saturated carbocycles. The van der Waals surface area contributed by atoms with Crippen molar-refractivity contribution >= 4 is 36.0 Å². The van der Waals surface area contributed by atoms with Gasteiger partial charge in [-0.3, -0.25) is 4.99 Å². The number of rotatable bonds is 7. The molecule has 1 aliphatic carbocycles. The Morgan fingerprint density at radius 3 is 2.44 bits per heavy atom. The first kappa shape index (κ1) is 23.5. The molecule has 152 valence electrons. The Labute approximate surface area is 179 Å². The number of aliphatic imine (C=N–C) groups is 1. The van der Waals surface area contributed by atoms with E-state index in [0.29, 0.717) is 6.54 Å². The molecule has 0 bridgehead atoms. The van der Waals surface area contributed by atoms with Crippen molar-refractivity contribution in [1.82, 2.24) is 16.0 Å². The number of carbonyl (C=O) groups is 1. The van der Waals surface area contributed by atoms with Crippen LogP contribution in [0.3, 0.4) is 0 Å². The first-order chi connectivity index (χ1) is 12.4. The van der Waals surface area contributed by atoms with Crippen LogP contribution in [-0.4, -0.2) is 37.3 Å². The van der Waals surface area contributed by atoms with Crippen molar-refractivity contribution in [1.29, 1.82) is 0 Å². The molecule has 1 amide bonds. The van der Waals surface area contributed by atoms with Gasteiger partial charge in [0, 0.05) is 13.1 Å². The van der Waals surface area contributed by atoms with Gasteiger partial charge in [0.2, 0.25) is 0 Å². The number of hydrogen-bond donors (Lipinski definition) is 3. The lowest BCUT2D eigenvalue weighted by Gasteiger charge is -2.23. The molecule has 0 radical (unpaired) electrons. The van der Waals surface area contributed by atoms with Gasteiger partial charge in [-0.25, -0.2) is 4.79 Å². The van der Waals surface area contributed by atoms with Crippen LogP contribution in [0.5, 0.6) is 0 Å². The maximum atomic E-state index is 12.2. The average Bonchev–Trinajstić information content (AvgIpc) is 3.39. The van der Waals surface area contributed by atoms with Crippen LogP contribution in [0.1, 0.15) is 52.1 Å². The zero-order valence-electron chi connectivity index (χ0n) is 16.7. The lowest BCUT2D eigenvalue weighted by atomic mass is 10.1. The van der Waals surface area contributed by atoms with Crippen LogP contribution in [0.2, 0.25) is 0 Å². The number of benzene rings is 1. The summed E-state index contributed by atoms with van der Waals surface area (Å²) in [6.45, 7) is 9.78. The molecule has 0 spiro atoms. The normalized spacial score (nSPS) is 15.3. The van der Waals surface area contributed by atoms with Crippen molar-refractivity contribution in [3.8, 4) is 0 Å². The van der Waals surface area contributed by atoms with Gasteiger partial charge in [0.15, 0.2) is 5.96 Å². The van der Waals surface area contributed by atoms with E-state index in [9.17, 15) is 4.79 Å². The van der Waals surface area contributed by atoms with Gasteiger partial charge in [-0.05, 0) is 52.0 Å². The van der Waals surface area contributed by atoms with E-state index in [1.807, 2.05) is 58.0 Å². The van der Waals surface area contributed by atoms with Crippen molar-refractivity contribution in [2.75, 3.05) is 19.6 Å². The summed E-state index contributed by atoms with van der Waals surface area (Å²) in [7, 11) is 0. The maximum Gasteiger partial charge on any atom is 0.408 e. The van der Waals surface area contributed by atoms with E-state index in [1.54, 1.807) is 0 Å². The summed E-state index contributed by atoms with van der Waals surface area (Å²) in [5, 5.41) is 9.58. The number of alkyl carbamates (subject to hydrolysis) is 1. The minimum Gasteiger partial charge on any atom is -0.444 e. The van der Waals surface area contributed by atoms with E-state index >= 15 is 0 Å². The highest BCUT2D eigenvalue weighted by molar-refractivity contribution is 14.0. The largest absolute Gasteiger partial charge is 0.444 e. The number of carbonyl (C=O) groups excluding carboxylic acids is 1. The molecule has 3 N–H and O–H groups in total. The minimum atomic E-state index is -0.532. The molecule has 1 aromatic carbocycles. The Hall–Kier alpha value is -1.51. The fraction of sp³-hybridized carbons (Fsp3) is 0.600. The second-order valence-electron chi connectivity index (χ2n) is 7.65. The Kier molecular flexibility index (Phi) is 9.90.